The minimum Gasteiger partial charge on any atom is -0.493 e. The Bertz CT molecular complexity index is 957. The van der Waals surface area contributed by atoms with Crippen molar-refractivity contribution in [2.75, 3.05) is 24.7 Å². The monoisotopic (exact) mass is 424 g/mol. The fourth-order valence-corrected chi connectivity index (χ4v) is 3.91. The van der Waals surface area contributed by atoms with Crippen molar-refractivity contribution in [2.24, 2.45) is 16.8 Å². The molecule has 2 heterocycles. The molecule has 2 aliphatic rings. The van der Waals surface area contributed by atoms with Crippen LogP contribution in [-0.4, -0.2) is 48.2 Å². The summed E-state index contributed by atoms with van der Waals surface area (Å²) in [6, 6.07) is 14.5. The summed E-state index contributed by atoms with van der Waals surface area (Å²) < 4.78 is 19.1. The van der Waals surface area contributed by atoms with E-state index < -0.39 is 17.8 Å². The van der Waals surface area contributed by atoms with Crippen molar-refractivity contribution in [1.82, 2.24) is 4.90 Å². The quantitative estimate of drug-likeness (QED) is 0.772. The maximum Gasteiger partial charge on any atom is 0.270 e. The van der Waals surface area contributed by atoms with Crippen molar-refractivity contribution in [3.05, 3.63) is 60.4 Å². The van der Waals surface area contributed by atoms with Crippen LogP contribution in [0.4, 0.5) is 10.1 Å². The number of hydrazone groups is 1. The molecule has 1 fully saturated rings. The minimum atomic E-state index is -0.763. The molecule has 2 aromatic carbocycles. The van der Waals surface area contributed by atoms with Crippen molar-refractivity contribution in [1.29, 1.82) is 0 Å². The van der Waals surface area contributed by atoms with Gasteiger partial charge in [-0.05, 0) is 55.2 Å². The fourth-order valence-electron chi connectivity index (χ4n) is 3.91. The highest BCUT2D eigenvalue weighted by atomic mass is 19.1. The molecule has 0 spiro atoms. The smallest absolute Gasteiger partial charge is 0.270 e. The van der Waals surface area contributed by atoms with Gasteiger partial charge in [0.05, 0.1) is 12.3 Å². The van der Waals surface area contributed by atoms with Crippen LogP contribution in [0.2, 0.25) is 0 Å². The molecular weight excluding hydrogens is 399 g/mol. The maximum atomic E-state index is 13.2. The second kappa shape index (κ2) is 9.16. The van der Waals surface area contributed by atoms with E-state index in [1.54, 1.807) is 4.90 Å². The number of nitrogens with two attached hydrogens (primary N) is 1. The Balaban J connectivity index is 1.36. The van der Waals surface area contributed by atoms with Gasteiger partial charge in [0.2, 0.25) is 5.91 Å². The third-order valence-corrected chi connectivity index (χ3v) is 5.71. The lowest BCUT2D eigenvalue weighted by Gasteiger charge is -2.31. The number of benzene rings is 2. The molecule has 2 amide bonds. The molecule has 1 unspecified atom stereocenters. The third-order valence-electron chi connectivity index (χ3n) is 5.71. The van der Waals surface area contributed by atoms with Crippen LogP contribution in [0.5, 0.6) is 5.75 Å². The van der Waals surface area contributed by atoms with Gasteiger partial charge in [-0.3, -0.25) is 14.6 Å². The Morgan fingerprint density at radius 3 is 2.39 bits per heavy atom. The first-order valence-corrected chi connectivity index (χ1v) is 10.4. The Kier molecular flexibility index (Phi) is 6.16. The highest BCUT2D eigenvalue weighted by molar-refractivity contribution is 6.40. The average molecular weight is 424 g/mol. The normalized spacial score (nSPS) is 19.3. The molecule has 1 saturated heterocycles. The molecule has 1 atom stereocenters. The third kappa shape index (κ3) is 4.84. The number of hydrogen-bond acceptors (Lipinski definition) is 5. The van der Waals surface area contributed by atoms with Gasteiger partial charge >= 0.3 is 0 Å². The van der Waals surface area contributed by atoms with Crippen molar-refractivity contribution in [3.8, 4) is 5.75 Å². The predicted molar refractivity (Wildman–Crippen MR) is 115 cm³/mol. The zero-order valence-corrected chi connectivity index (χ0v) is 17.1. The zero-order chi connectivity index (χ0) is 21.8. The summed E-state index contributed by atoms with van der Waals surface area (Å²) in [4.78, 5) is 26.7. The first-order valence-electron chi connectivity index (χ1n) is 10.4. The molecule has 7 nitrogen and oxygen atoms in total. The van der Waals surface area contributed by atoms with Crippen LogP contribution < -0.4 is 15.5 Å². The zero-order valence-electron chi connectivity index (χ0n) is 17.1. The molecular formula is C23H25FN4O3. The molecule has 0 aliphatic carbocycles. The number of likely N-dealkylation sites (tertiary alicyclic amines) is 1. The lowest BCUT2D eigenvalue weighted by molar-refractivity contribution is -0.125. The van der Waals surface area contributed by atoms with Crippen LogP contribution in [-0.2, 0) is 9.59 Å². The van der Waals surface area contributed by atoms with E-state index in [0.717, 1.165) is 18.6 Å². The fraction of sp³-hybridized carbons (Fsp3) is 0.348. The van der Waals surface area contributed by atoms with Gasteiger partial charge in [0.25, 0.3) is 5.91 Å². The largest absolute Gasteiger partial charge is 0.493 e. The van der Waals surface area contributed by atoms with E-state index in [9.17, 15) is 14.0 Å². The standard InChI is InChI=1S/C23H25FN4O3/c24-17-6-8-18(9-7-17)28-21(22(25)29)14-20(26-28)23(30)27-12-10-16(11-13-27)15-31-19-4-2-1-3-5-19/h1-9,16,21H,10-15H2,(H2,25,29). The number of rotatable bonds is 6. The molecule has 0 radical (unpaired) electrons. The molecule has 0 aromatic heterocycles. The average Bonchev–Trinajstić information content (AvgIpc) is 3.25. The van der Waals surface area contributed by atoms with E-state index in [4.69, 9.17) is 10.5 Å². The number of piperidine rings is 1. The van der Waals surface area contributed by atoms with Gasteiger partial charge < -0.3 is 15.4 Å². The van der Waals surface area contributed by atoms with E-state index >= 15 is 0 Å². The molecule has 162 valence electrons. The van der Waals surface area contributed by atoms with Crippen LogP contribution in [0.25, 0.3) is 0 Å². The summed E-state index contributed by atoms with van der Waals surface area (Å²) in [7, 11) is 0. The molecule has 2 N–H and O–H groups in total. The number of amides is 2. The summed E-state index contributed by atoms with van der Waals surface area (Å²) in [6.45, 7) is 1.84. The van der Waals surface area contributed by atoms with Crippen LogP contribution >= 0.6 is 0 Å². The van der Waals surface area contributed by atoms with E-state index in [1.807, 2.05) is 30.3 Å². The van der Waals surface area contributed by atoms with Crippen LogP contribution in [0.15, 0.2) is 59.7 Å². The van der Waals surface area contributed by atoms with Gasteiger partial charge in [0, 0.05) is 19.5 Å². The molecule has 4 rings (SSSR count). The minimum absolute atomic E-state index is 0.141. The highest BCUT2D eigenvalue weighted by Crippen LogP contribution is 2.26. The first-order chi connectivity index (χ1) is 15.0. The lowest BCUT2D eigenvalue weighted by atomic mass is 9.97. The number of ether oxygens (including phenoxy) is 1. The van der Waals surface area contributed by atoms with E-state index in [2.05, 4.69) is 5.10 Å². The van der Waals surface area contributed by atoms with Gasteiger partial charge in [0.1, 0.15) is 23.3 Å². The van der Waals surface area contributed by atoms with Gasteiger partial charge in [0.15, 0.2) is 0 Å². The number of halogens is 1. The summed E-state index contributed by atoms with van der Waals surface area (Å²) in [6.07, 6.45) is 1.82. The molecule has 2 aliphatic heterocycles. The maximum absolute atomic E-state index is 13.2. The molecule has 2 aromatic rings. The van der Waals surface area contributed by atoms with E-state index in [1.165, 1.54) is 29.3 Å². The summed E-state index contributed by atoms with van der Waals surface area (Å²) in [5.41, 5.74) is 6.35. The second-order valence-electron chi connectivity index (χ2n) is 7.85. The molecule has 8 heteroatoms. The first kappa shape index (κ1) is 20.8. The Morgan fingerprint density at radius 2 is 1.74 bits per heavy atom. The Labute approximate surface area is 180 Å². The van der Waals surface area contributed by atoms with Crippen LogP contribution in [0.3, 0.4) is 0 Å². The van der Waals surface area contributed by atoms with Crippen molar-refractivity contribution in [3.63, 3.8) is 0 Å². The lowest BCUT2D eigenvalue weighted by Crippen LogP contribution is -2.43. The Hall–Kier alpha value is -3.42. The second-order valence-corrected chi connectivity index (χ2v) is 7.85. The number of carbonyl (C=O) groups is 2. The molecule has 0 saturated carbocycles. The van der Waals surface area contributed by atoms with Crippen molar-refractivity contribution in [2.45, 2.75) is 25.3 Å². The topological polar surface area (TPSA) is 88.2 Å². The molecule has 31 heavy (non-hydrogen) atoms. The number of nitrogens with zero attached hydrogens (tertiary/aromatic N) is 3. The van der Waals surface area contributed by atoms with Gasteiger partial charge in [-0.15, -0.1) is 0 Å². The predicted octanol–water partition coefficient (Wildman–Crippen LogP) is 2.56. The van der Waals surface area contributed by atoms with Gasteiger partial charge in [-0.1, -0.05) is 18.2 Å². The Morgan fingerprint density at radius 1 is 1.06 bits per heavy atom. The van der Waals surface area contributed by atoms with Crippen LogP contribution in [0.1, 0.15) is 19.3 Å². The van der Waals surface area contributed by atoms with Gasteiger partial charge in [-0.25, -0.2) is 4.39 Å². The SMILES string of the molecule is NC(=O)C1CC(C(=O)N2CCC(COc3ccccc3)CC2)=NN1c1ccc(F)cc1. The summed E-state index contributed by atoms with van der Waals surface area (Å²) >= 11 is 0. The summed E-state index contributed by atoms with van der Waals surface area (Å²) in [5, 5.41) is 5.78. The molecule has 0 bridgehead atoms. The number of carbonyl (C=O) groups excluding carboxylic acids is 2. The number of hydrogen-bond donors (Lipinski definition) is 1. The van der Waals surface area contributed by atoms with Crippen LogP contribution in [0, 0.1) is 11.7 Å². The van der Waals surface area contributed by atoms with E-state index in [-0.39, 0.29) is 12.3 Å². The highest BCUT2D eigenvalue weighted by Gasteiger charge is 2.37. The van der Waals surface area contributed by atoms with E-state index in [0.29, 0.717) is 37.0 Å². The number of anilines is 1. The van der Waals surface area contributed by atoms with Crippen molar-refractivity contribution < 1.29 is 18.7 Å². The number of primary amides is 1. The number of para-hydroxylation sites is 1. The van der Waals surface area contributed by atoms with Crippen molar-refractivity contribution >= 4 is 23.2 Å². The summed E-state index contributed by atoms with van der Waals surface area (Å²) in [5.74, 6) is 0.0763. The van der Waals surface area contributed by atoms with Gasteiger partial charge in [-0.2, -0.15) is 5.10 Å².